The molecule has 18 rings (SSSR count). The molecule has 0 aliphatic heterocycles. The summed E-state index contributed by atoms with van der Waals surface area (Å²) in [6.45, 7) is 38.5. The minimum atomic E-state index is 0.351. The molecule has 16 heterocycles. The number of thiazole rings is 4. The van der Waals surface area contributed by atoms with Crippen molar-refractivity contribution in [3.63, 3.8) is 0 Å². The summed E-state index contributed by atoms with van der Waals surface area (Å²) in [5, 5.41) is 7.33. The monoisotopic (exact) mass is 1950 g/mol. The average Bonchev–Trinajstić information content (AvgIpc) is 1.80. The first-order valence-corrected chi connectivity index (χ1v) is 49.6. The van der Waals surface area contributed by atoms with Crippen LogP contribution in [0.3, 0.4) is 0 Å². The lowest BCUT2D eigenvalue weighted by Crippen LogP contribution is -1.96. The van der Waals surface area contributed by atoms with E-state index in [1.165, 1.54) is 61.0 Å². The lowest BCUT2D eigenvalue weighted by atomic mass is 10.0. The predicted molar refractivity (Wildman–Crippen MR) is 567 cm³/mol. The predicted octanol–water partition coefficient (Wildman–Crippen LogP) is 24.5. The van der Waals surface area contributed by atoms with Gasteiger partial charge in [0.25, 0.3) is 0 Å². The molecular weight excluding hydrogens is 1840 g/mol. The molecule has 0 saturated carbocycles. The van der Waals surface area contributed by atoms with E-state index >= 15 is 0 Å². The third-order valence-corrected chi connectivity index (χ3v) is 25.9. The van der Waals surface area contributed by atoms with Crippen molar-refractivity contribution in [2.45, 2.75) is 178 Å². The van der Waals surface area contributed by atoms with Crippen molar-refractivity contribution in [1.82, 2.24) is 97.8 Å². The van der Waals surface area contributed by atoms with Gasteiger partial charge in [-0.1, -0.05) is 203 Å². The fourth-order valence-corrected chi connectivity index (χ4v) is 16.4. The summed E-state index contributed by atoms with van der Waals surface area (Å²) < 4.78 is 17.7. The number of hydrogen-bond donors (Lipinski definition) is 9. The van der Waals surface area contributed by atoms with Gasteiger partial charge in [-0.3, -0.25) is 15.0 Å². The standard InChI is InChI=1S/C12H14N4.C12H14N2S.C11H13N3O.4C11H13N3S.2C10H12N4S/c1-8(2)10-4-3-9(7-15-10)12-14-6-5-11(13)16-12;1-8(2)9-3-5-10(6-4-9)12-14-11(13)7-15-12;1-7(2)9-6-15-11(14-9)8-4-3-5-10(12)13-8;1-7(2)8-3-5-9(6-4-8)10-13-11(12)15-14-10;1-7(2)11-13-6-9(15-11)8-4-3-5-10(12)14-8;2*1-7(2)9-6-13-11(15-9)8-4-3-5-10(12)14-8;1-6(2)8-4-3-7(5-12-8)9-13-10(11)15-14-9;1-6(2)7-3-4-8(12-5-7)9-13-10(11)15-14-9/h3-8H,1-2H3,(H2,13,14,16);3-8H,13H2,1-2H3;3-7H,1-2H3,(H2,12,13);3-7H,1-2H3,(H2,12,13,14);3*3-7H,1-2H3,(H2,12,14);2*3-6H,1-2H3,(H2,11,13,14). The molecule has 136 heavy (non-hydrogen) atoms. The summed E-state index contributed by atoms with van der Waals surface area (Å²) >= 11 is 10.2. The maximum absolute atomic E-state index is 5.64. The van der Waals surface area contributed by atoms with Crippen molar-refractivity contribution in [3.8, 4) is 99.8 Å². The van der Waals surface area contributed by atoms with Gasteiger partial charge >= 0.3 is 0 Å². The van der Waals surface area contributed by atoms with Gasteiger partial charge in [0.2, 0.25) is 5.89 Å². The number of nitrogens with zero attached hydrogens (tertiary/aromatic N) is 20. The van der Waals surface area contributed by atoms with Crippen LogP contribution in [0.15, 0.2) is 223 Å². The second-order valence-electron chi connectivity index (χ2n) is 33.4. The van der Waals surface area contributed by atoms with Crippen molar-refractivity contribution < 1.29 is 4.42 Å². The van der Waals surface area contributed by atoms with Crippen LogP contribution in [0.25, 0.3) is 99.8 Å². The molecule has 0 aliphatic rings. The largest absolute Gasteiger partial charge is 0.443 e. The van der Waals surface area contributed by atoms with E-state index < -0.39 is 0 Å². The Balaban J connectivity index is 0.000000158. The molecule has 18 aromatic rings. The van der Waals surface area contributed by atoms with E-state index in [1.807, 2.05) is 127 Å². The molecule has 30 nitrogen and oxygen atoms in total. The minimum absolute atomic E-state index is 0.351. The number of pyridine rings is 7. The molecule has 0 spiro atoms. The van der Waals surface area contributed by atoms with Crippen LogP contribution < -0.4 is 51.6 Å². The highest BCUT2D eigenvalue weighted by Gasteiger charge is 2.17. The summed E-state index contributed by atoms with van der Waals surface area (Å²) in [6.07, 6.45) is 14.4. The normalized spacial score (nSPS) is 10.8. The van der Waals surface area contributed by atoms with Gasteiger partial charge < -0.3 is 56.0 Å². The lowest BCUT2D eigenvalue weighted by Gasteiger charge is -2.05. The first-order valence-electron chi connectivity index (χ1n) is 43.9. The number of anilines is 9. The van der Waals surface area contributed by atoms with E-state index in [9.17, 15) is 0 Å². The molecule has 0 radical (unpaired) electrons. The lowest BCUT2D eigenvalue weighted by molar-refractivity contribution is 0.569. The molecule has 0 amide bonds. The number of nitrogen functional groups attached to an aromatic ring is 9. The van der Waals surface area contributed by atoms with Crippen molar-refractivity contribution >= 4 is 130 Å². The quantitative estimate of drug-likeness (QED) is 0.0385. The van der Waals surface area contributed by atoms with Crippen molar-refractivity contribution in [1.29, 1.82) is 0 Å². The van der Waals surface area contributed by atoms with Crippen LogP contribution in [0, 0.1) is 0 Å². The Labute approximate surface area is 822 Å². The second-order valence-corrected chi connectivity index (χ2v) is 39.8. The van der Waals surface area contributed by atoms with Crippen molar-refractivity contribution in [3.05, 3.63) is 267 Å². The maximum Gasteiger partial charge on any atom is 0.245 e. The summed E-state index contributed by atoms with van der Waals surface area (Å²) in [4.78, 5) is 75.8. The summed E-state index contributed by atoms with van der Waals surface area (Å²) in [6, 6.07) is 52.6. The Morgan fingerprint density at radius 2 is 0.691 bits per heavy atom. The van der Waals surface area contributed by atoms with Gasteiger partial charge in [0.1, 0.15) is 79.0 Å². The number of rotatable bonds is 18. The Hall–Kier alpha value is -13.8. The molecule has 0 saturated heterocycles. The Morgan fingerprint density at radius 3 is 1.07 bits per heavy atom. The maximum atomic E-state index is 5.64. The molecule has 16 aromatic heterocycles. The molecule has 37 heteroatoms. The third-order valence-electron chi connectivity index (χ3n) is 19.4. The highest BCUT2D eigenvalue weighted by atomic mass is 32.1. The fraction of sp³-hybridized carbons (Fsp3) is 0.273. The molecular formula is C99H117N29OS7. The van der Waals surface area contributed by atoms with E-state index in [1.54, 1.807) is 101 Å². The van der Waals surface area contributed by atoms with E-state index in [0.29, 0.717) is 138 Å². The van der Waals surface area contributed by atoms with Gasteiger partial charge in [0.05, 0.1) is 21.3 Å². The smallest absolute Gasteiger partial charge is 0.245 e. The van der Waals surface area contributed by atoms with Gasteiger partial charge in [-0.25, -0.2) is 54.8 Å². The number of nitrogens with two attached hydrogens (primary N) is 9. The van der Waals surface area contributed by atoms with Gasteiger partial charge in [-0.05, 0) is 149 Å². The van der Waals surface area contributed by atoms with Gasteiger partial charge in [-0.2, -0.15) is 28.1 Å². The molecule has 0 fully saturated rings. The van der Waals surface area contributed by atoms with E-state index in [2.05, 4.69) is 259 Å². The zero-order chi connectivity index (χ0) is 98.2. The minimum Gasteiger partial charge on any atom is -0.443 e. The Kier molecular flexibility index (Phi) is 39.1. The topological polar surface area (TPSA) is 505 Å². The van der Waals surface area contributed by atoms with Crippen LogP contribution in [0.5, 0.6) is 0 Å². The summed E-state index contributed by atoms with van der Waals surface area (Å²) in [7, 11) is 0. The summed E-state index contributed by atoms with van der Waals surface area (Å²) in [5.41, 5.74) is 65.2. The zero-order valence-electron chi connectivity index (χ0n) is 79.4. The molecule has 706 valence electrons. The molecule has 2 aromatic carbocycles. The summed E-state index contributed by atoms with van der Waals surface area (Å²) in [5.74, 6) is 10.6. The second kappa shape index (κ2) is 51.0. The van der Waals surface area contributed by atoms with Crippen molar-refractivity contribution in [2.75, 3.05) is 51.6 Å². The van der Waals surface area contributed by atoms with Crippen molar-refractivity contribution in [2.24, 2.45) is 0 Å². The number of oxazole rings is 1. The van der Waals surface area contributed by atoms with Crippen LogP contribution in [0.1, 0.15) is 226 Å². The fourth-order valence-electron chi connectivity index (χ4n) is 11.6. The van der Waals surface area contributed by atoms with Crippen LogP contribution in [-0.4, -0.2) is 97.8 Å². The van der Waals surface area contributed by atoms with Crippen LogP contribution in [-0.2, 0) is 0 Å². The molecule has 0 aliphatic carbocycles. The van der Waals surface area contributed by atoms with Gasteiger partial charge in [0.15, 0.2) is 38.7 Å². The molecule has 0 bridgehead atoms. The molecule has 18 N–H and O–H groups in total. The van der Waals surface area contributed by atoms with Gasteiger partial charge in [-0.15, -0.1) is 45.3 Å². The van der Waals surface area contributed by atoms with E-state index in [0.717, 1.165) is 87.0 Å². The first-order chi connectivity index (χ1) is 65.0. The number of hydrogen-bond acceptors (Lipinski definition) is 37. The highest BCUT2D eigenvalue weighted by Crippen LogP contribution is 2.35. The highest BCUT2D eigenvalue weighted by molar-refractivity contribution is 7.16. The number of aromatic nitrogens is 20. The third kappa shape index (κ3) is 32.2. The average molecular weight is 1950 g/mol. The van der Waals surface area contributed by atoms with Gasteiger partial charge in [0, 0.05) is 133 Å². The van der Waals surface area contributed by atoms with E-state index in [4.69, 9.17) is 56.0 Å². The van der Waals surface area contributed by atoms with Crippen LogP contribution in [0.4, 0.5) is 50.3 Å². The molecule has 0 atom stereocenters. The SMILES string of the molecule is CC(C)c1ccc(-c2nc(N)cs2)cc1.CC(C)c1ccc(-c2nccc(N)n2)cn1.CC(C)c1ccc(-c2nsc(N)n2)cc1.CC(C)c1ccc(-c2nsc(N)n2)cn1.CC(C)c1ccc(-c2nsc(N)n2)nc1.CC(C)c1cnc(-c2cccc(N)n2)s1.CC(C)c1cnc(-c2cccc(N)n2)s1.CC(C)c1coc(-c2cccc(N)n2)n1.CC(C)c1ncc(-c2cccc(N)n2)s1. The zero-order valence-corrected chi connectivity index (χ0v) is 85.1. The van der Waals surface area contributed by atoms with Crippen LogP contribution >= 0.6 is 79.9 Å². The Morgan fingerprint density at radius 1 is 0.265 bits per heavy atom. The number of benzene rings is 2. The molecule has 0 unspecified atom stereocenters. The Bertz CT molecular complexity index is 5930. The van der Waals surface area contributed by atoms with E-state index in [-0.39, 0.29) is 0 Å². The first kappa shape index (κ1) is 104. The van der Waals surface area contributed by atoms with Crippen LogP contribution in [0.2, 0.25) is 0 Å².